The van der Waals surface area contributed by atoms with Crippen molar-refractivity contribution in [1.82, 2.24) is 0 Å². The molecule has 0 saturated heterocycles. The molecule has 0 aliphatic rings. The van der Waals surface area contributed by atoms with Crippen LogP contribution in [0.5, 0.6) is 5.75 Å². The van der Waals surface area contributed by atoms with E-state index in [0.29, 0.717) is 0 Å². The second-order valence-electron chi connectivity index (χ2n) is 4.03. The summed E-state index contributed by atoms with van der Waals surface area (Å²) in [6.45, 7) is 3.18. The van der Waals surface area contributed by atoms with Gasteiger partial charge in [-0.3, -0.25) is 19.7 Å². The van der Waals surface area contributed by atoms with Crippen molar-refractivity contribution in [3.8, 4) is 5.75 Å². The van der Waals surface area contributed by atoms with Gasteiger partial charge in [0.1, 0.15) is 0 Å². The quantitative estimate of drug-likeness (QED) is 0.327. The van der Waals surface area contributed by atoms with Crippen LogP contribution in [-0.4, -0.2) is 37.2 Å². The Balaban J connectivity index is 3.45. The predicted octanol–water partition coefficient (Wildman–Crippen LogP) is 1.81. The number of nitrogens with zero attached hydrogens (tertiary/aromatic N) is 1. The summed E-state index contributed by atoms with van der Waals surface area (Å²) in [6, 6.07) is 3.80. The number of nitro groups is 1. The van der Waals surface area contributed by atoms with Crippen LogP contribution in [0.4, 0.5) is 5.69 Å². The van der Waals surface area contributed by atoms with E-state index in [1.807, 2.05) is 0 Å². The molecule has 0 amide bonds. The van der Waals surface area contributed by atoms with Gasteiger partial charge in [0, 0.05) is 11.6 Å². The maximum Gasteiger partial charge on any atom is 0.325 e. The van der Waals surface area contributed by atoms with Crippen LogP contribution < -0.4 is 4.74 Å². The fourth-order valence-electron chi connectivity index (χ4n) is 1.87. The first-order valence-electron chi connectivity index (χ1n) is 7.21. The van der Waals surface area contributed by atoms with Crippen LogP contribution in [-0.2, 0) is 19.1 Å². The third-order valence-electron chi connectivity index (χ3n) is 2.72. The topological polar surface area (TPSA) is 105 Å². The van der Waals surface area contributed by atoms with Gasteiger partial charge in [-0.2, -0.15) is 0 Å². The number of rotatable bonds is 7. The van der Waals surface area contributed by atoms with Crippen LogP contribution in [0.2, 0.25) is 0 Å². The van der Waals surface area contributed by atoms with Crippen molar-refractivity contribution in [1.29, 1.82) is 0 Å². The monoisotopic (exact) mass is 312 g/mol. The van der Waals surface area contributed by atoms with Crippen LogP contribution >= 0.6 is 0 Å². The first-order chi connectivity index (χ1) is 11.0. The molecule has 0 aliphatic carbocycles. The highest BCUT2D eigenvalue weighted by Crippen LogP contribution is 2.36. The van der Waals surface area contributed by atoms with Crippen molar-refractivity contribution in [2.75, 3.05) is 20.3 Å². The van der Waals surface area contributed by atoms with E-state index in [2.05, 4.69) is 0 Å². The van der Waals surface area contributed by atoms with Gasteiger partial charge >= 0.3 is 17.6 Å². The molecule has 0 heterocycles. The van der Waals surface area contributed by atoms with E-state index in [1.165, 1.54) is 12.1 Å². The lowest BCUT2D eigenvalue weighted by Gasteiger charge is -2.17. The Morgan fingerprint density at radius 2 is 1.86 bits per heavy atom. The van der Waals surface area contributed by atoms with Crippen LogP contribution in [0.3, 0.4) is 0 Å². The molecule has 0 aromatic heterocycles. The molecule has 0 radical (unpaired) electrons. The molecule has 0 atom stereocenters. The lowest BCUT2D eigenvalue weighted by Crippen LogP contribution is -2.26. The summed E-state index contributed by atoms with van der Waals surface area (Å²) in [5.41, 5.74) is -0.517. The van der Waals surface area contributed by atoms with E-state index in [9.17, 15) is 19.7 Å². The normalized spacial score (nSPS) is 10.8. The Morgan fingerprint density at radius 3 is 2.32 bits per heavy atom. The fourth-order valence-corrected chi connectivity index (χ4v) is 1.87. The highest BCUT2D eigenvalue weighted by atomic mass is 16.6. The van der Waals surface area contributed by atoms with Crippen LogP contribution in [0.1, 0.15) is 26.7 Å². The van der Waals surface area contributed by atoms with Crippen molar-refractivity contribution in [3.63, 3.8) is 0 Å². The van der Waals surface area contributed by atoms with E-state index in [-0.39, 0.29) is 24.5 Å². The molecule has 22 heavy (non-hydrogen) atoms. The zero-order chi connectivity index (χ0) is 17.4. The molecular weight excluding hydrogens is 294 g/mol. The smallest absolute Gasteiger partial charge is 0.325 e. The van der Waals surface area contributed by atoms with Gasteiger partial charge in [0.05, 0.1) is 26.6 Å². The Hall–Kier alpha value is -2.64. The number of ether oxygens (including phenoxy) is 3. The molecule has 0 aliphatic heterocycles. The van der Waals surface area contributed by atoms with Crippen LogP contribution in [0.25, 0.3) is 0 Å². The molecule has 0 N–H and O–H groups in total. The lowest BCUT2D eigenvalue weighted by molar-refractivity contribution is -0.385. The average molecular weight is 312 g/mol. The fraction of sp³-hybridized carbons (Fsp3) is 0.429. The number of esters is 2. The highest BCUT2D eigenvalue weighted by molar-refractivity contribution is 6.01. The largest absolute Gasteiger partial charge is 0.490 e. The zero-order valence-corrected chi connectivity index (χ0v) is 12.2. The molecular formula is C14H17NO7. The maximum atomic E-state index is 12.1. The Morgan fingerprint density at radius 1 is 1.27 bits per heavy atom. The van der Waals surface area contributed by atoms with Crippen molar-refractivity contribution >= 4 is 17.6 Å². The standard InChI is InChI=1S/C14H17NO7/c1-4-21-13(16)11(14(17)22-5-2)9-7-6-8-10(15(18)19)12(9)20-3/h6-8,11H,4-5H2,1-3H3/i3D. The van der Waals surface area contributed by atoms with Crippen molar-refractivity contribution < 1.29 is 30.1 Å². The van der Waals surface area contributed by atoms with Gasteiger partial charge in [0.15, 0.2) is 5.92 Å². The third-order valence-corrected chi connectivity index (χ3v) is 2.72. The minimum atomic E-state index is -1.52. The van der Waals surface area contributed by atoms with Crippen molar-refractivity contribution in [2.45, 2.75) is 19.8 Å². The molecule has 0 bridgehead atoms. The first kappa shape index (κ1) is 15.7. The molecule has 0 saturated carbocycles. The van der Waals surface area contributed by atoms with Gasteiger partial charge in [0.25, 0.3) is 0 Å². The lowest BCUT2D eigenvalue weighted by atomic mass is 9.97. The SMILES string of the molecule is [2H]COc1c(C(C(=O)OCC)C(=O)OCC)cccc1[N+](=O)[O-]. The van der Waals surface area contributed by atoms with Gasteiger partial charge in [-0.15, -0.1) is 0 Å². The van der Waals surface area contributed by atoms with E-state index in [0.717, 1.165) is 6.07 Å². The molecule has 0 fully saturated rings. The van der Waals surface area contributed by atoms with E-state index in [1.54, 1.807) is 13.8 Å². The molecule has 1 rings (SSSR count). The molecule has 1 aromatic carbocycles. The molecule has 120 valence electrons. The Bertz CT molecular complexity index is 572. The minimum absolute atomic E-state index is 0.0261. The molecule has 1 aromatic rings. The molecule has 8 heteroatoms. The van der Waals surface area contributed by atoms with Crippen molar-refractivity contribution in [2.24, 2.45) is 0 Å². The van der Waals surface area contributed by atoms with E-state index < -0.39 is 35.6 Å². The molecule has 8 nitrogen and oxygen atoms in total. The van der Waals surface area contributed by atoms with E-state index in [4.69, 9.17) is 15.6 Å². The summed E-state index contributed by atoms with van der Waals surface area (Å²) < 4.78 is 21.8. The summed E-state index contributed by atoms with van der Waals surface area (Å²) in [6.07, 6.45) is 0. The number of hydrogen-bond acceptors (Lipinski definition) is 7. The Labute approximate surface area is 128 Å². The Kier molecular flexibility index (Phi) is 5.70. The number of hydrogen-bond donors (Lipinski definition) is 0. The summed E-state index contributed by atoms with van der Waals surface area (Å²) >= 11 is 0. The first-order valence-corrected chi connectivity index (χ1v) is 6.50. The molecule has 0 spiro atoms. The summed E-state index contributed by atoms with van der Waals surface area (Å²) in [5, 5.41) is 11.1. The van der Waals surface area contributed by atoms with Gasteiger partial charge in [0.2, 0.25) is 5.75 Å². The zero-order valence-electron chi connectivity index (χ0n) is 13.2. The van der Waals surface area contributed by atoms with Gasteiger partial charge < -0.3 is 14.2 Å². The third kappa shape index (κ3) is 3.72. The van der Waals surface area contributed by atoms with Gasteiger partial charge in [-0.25, -0.2) is 0 Å². The van der Waals surface area contributed by atoms with E-state index >= 15 is 0 Å². The number of nitro benzene ring substituents is 1. The summed E-state index contributed by atoms with van der Waals surface area (Å²) in [7, 11) is -0.615. The van der Waals surface area contributed by atoms with Crippen LogP contribution in [0, 0.1) is 10.1 Å². The van der Waals surface area contributed by atoms with Gasteiger partial charge in [-0.05, 0) is 13.8 Å². The second kappa shape index (κ2) is 7.96. The summed E-state index contributed by atoms with van der Waals surface area (Å²) in [5.74, 6) is -3.64. The number of carbonyl (C=O) groups excluding carboxylic acids is 2. The van der Waals surface area contributed by atoms with Gasteiger partial charge in [-0.1, -0.05) is 12.1 Å². The number of benzene rings is 1. The number of para-hydroxylation sites is 1. The molecule has 0 unspecified atom stereocenters. The predicted molar refractivity (Wildman–Crippen MR) is 75.7 cm³/mol. The number of methoxy groups -OCH3 is 1. The second-order valence-corrected chi connectivity index (χ2v) is 4.03. The average Bonchev–Trinajstić information content (AvgIpc) is 2.49. The summed E-state index contributed by atoms with van der Waals surface area (Å²) in [4.78, 5) is 34.6. The van der Waals surface area contributed by atoms with Crippen LogP contribution in [0.15, 0.2) is 18.2 Å². The number of carbonyl (C=O) groups is 2. The maximum absolute atomic E-state index is 12.1. The highest BCUT2D eigenvalue weighted by Gasteiger charge is 2.36. The van der Waals surface area contributed by atoms with Crippen molar-refractivity contribution in [3.05, 3.63) is 33.9 Å². The minimum Gasteiger partial charge on any atom is -0.490 e.